The third-order valence-corrected chi connectivity index (χ3v) is 6.40. The second-order valence-electron chi connectivity index (χ2n) is 8.47. The molecule has 1 unspecified atom stereocenters. The van der Waals surface area contributed by atoms with Gasteiger partial charge < -0.3 is 30.6 Å². The Hall–Kier alpha value is -4.15. The number of benzene rings is 1. The van der Waals surface area contributed by atoms with Gasteiger partial charge in [0.05, 0.1) is 10.6 Å². The van der Waals surface area contributed by atoms with Crippen LogP contribution in [0.4, 0.5) is 20.7 Å². The number of hydrogen-bond donors (Lipinski definition) is 3. The van der Waals surface area contributed by atoms with Crippen LogP contribution in [0.25, 0.3) is 21.6 Å². The number of piperidine rings is 1. The molecule has 37 heavy (non-hydrogen) atoms. The summed E-state index contributed by atoms with van der Waals surface area (Å²) in [5.41, 5.74) is 16.3. The monoisotopic (exact) mass is 529 g/mol. The molecule has 0 bridgehead atoms. The van der Waals surface area contributed by atoms with E-state index in [-0.39, 0.29) is 41.8 Å². The Kier molecular flexibility index (Phi) is 8.22. The van der Waals surface area contributed by atoms with E-state index >= 15 is 0 Å². The maximum atomic E-state index is 14.2. The lowest BCUT2D eigenvalue weighted by atomic mass is 10.0. The number of urea groups is 1. The first kappa shape index (κ1) is 25.9. The van der Waals surface area contributed by atoms with E-state index in [0.717, 1.165) is 32.4 Å². The van der Waals surface area contributed by atoms with Gasteiger partial charge in [-0.3, -0.25) is 0 Å². The van der Waals surface area contributed by atoms with Crippen molar-refractivity contribution in [2.45, 2.75) is 38.4 Å². The average molecular weight is 530 g/mol. The van der Waals surface area contributed by atoms with Crippen LogP contribution >= 0.6 is 11.6 Å². The zero-order chi connectivity index (χ0) is 26.4. The standard InChI is InChI=1S/C24H25ClFN7O4/c25-21-17(26)7-8-18(34)20(21)23(37-32-31-28)36-19-12-15(13-29-22(19)27)14-5-4-6-16(11-14)30-24(35)33-9-2-1-3-10-33/h4-6,11-13,23,34H,1-3,7-10H2,(H2,27,29)(H,30,35). The number of carbonyl (C=O) groups is 1. The van der Waals surface area contributed by atoms with Crippen molar-refractivity contribution in [3.8, 4) is 16.9 Å². The molecular weight excluding hydrogens is 505 g/mol. The molecule has 0 spiro atoms. The minimum absolute atomic E-state index is 0.00847. The lowest BCUT2D eigenvalue weighted by molar-refractivity contribution is -0.0554. The van der Waals surface area contributed by atoms with E-state index in [1.165, 1.54) is 6.20 Å². The minimum Gasteiger partial charge on any atom is -0.512 e. The Labute approximate surface area is 216 Å². The van der Waals surface area contributed by atoms with E-state index in [1.54, 1.807) is 29.2 Å². The summed E-state index contributed by atoms with van der Waals surface area (Å²) in [5, 5.41) is 15.9. The van der Waals surface area contributed by atoms with Gasteiger partial charge in [-0.15, -0.1) is 0 Å². The van der Waals surface area contributed by atoms with Crippen LogP contribution in [0.2, 0.25) is 0 Å². The molecule has 1 aliphatic carbocycles. The molecule has 2 aliphatic rings. The largest absolute Gasteiger partial charge is 0.512 e. The average Bonchev–Trinajstić information content (AvgIpc) is 2.91. The number of aliphatic hydroxyl groups excluding tert-OH is 1. The number of nitrogens with zero attached hydrogens (tertiary/aromatic N) is 5. The fourth-order valence-electron chi connectivity index (χ4n) is 4.08. The number of nitrogen functional groups attached to an aromatic ring is 1. The van der Waals surface area contributed by atoms with Crippen LogP contribution in [0.5, 0.6) is 5.75 Å². The highest BCUT2D eigenvalue weighted by Gasteiger charge is 2.31. The molecule has 0 radical (unpaired) electrons. The van der Waals surface area contributed by atoms with Crippen LogP contribution in [-0.4, -0.2) is 40.4 Å². The third kappa shape index (κ3) is 6.16. The van der Waals surface area contributed by atoms with Gasteiger partial charge in [0.1, 0.15) is 16.9 Å². The number of likely N-dealkylation sites (tertiary alicyclic amines) is 1. The number of allylic oxidation sites excluding steroid dienone is 2. The Morgan fingerprint density at radius 2 is 2.05 bits per heavy atom. The first-order chi connectivity index (χ1) is 17.9. The van der Waals surface area contributed by atoms with Crippen molar-refractivity contribution in [1.29, 1.82) is 0 Å². The molecule has 1 aliphatic heterocycles. The zero-order valence-electron chi connectivity index (χ0n) is 19.7. The van der Waals surface area contributed by atoms with Gasteiger partial charge in [0.2, 0.25) is 0 Å². The highest BCUT2D eigenvalue weighted by atomic mass is 35.5. The number of ether oxygens (including phenoxy) is 1. The number of azide groups is 1. The highest BCUT2D eigenvalue weighted by Crippen LogP contribution is 2.37. The molecule has 1 aromatic carbocycles. The van der Waals surface area contributed by atoms with Crippen LogP contribution in [-0.2, 0) is 4.84 Å². The predicted octanol–water partition coefficient (Wildman–Crippen LogP) is 6.32. The fraction of sp³-hybridized carbons (Fsp3) is 0.333. The minimum atomic E-state index is -1.59. The van der Waals surface area contributed by atoms with Gasteiger partial charge in [-0.05, 0) is 48.6 Å². The second-order valence-corrected chi connectivity index (χ2v) is 8.85. The molecular formula is C24H25ClFN7O4. The van der Waals surface area contributed by atoms with Gasteiger partial charge in [-0.1, -0.05) is 23.7 Å². The molecule has 1 atom stereocenters. The number of rotatable bonds is 7. The number of nitrogens with one attached hydrogen (secondary N) is 1. The van der Waals surface area contributed by atoms with E-state index in [4.69, 9.17) is 32.4 Å². The summed E-state index contributed by atoms with van der Waals surface area (Å²) >= 11 is 6.06. The van der Waals surface area contributed by atoms with Gasteiger partial charge in [-0.25, -0.2) is 14.2 Å². The van der Waals surface area contributed by atoms with Crippen LogP contribution in [0, 0.1) is 0 Å². The molecule has 1 fully saturated rings. The Morgan fingerprint density at radius 1 is 1.27 bits per heavy atom. The number of amides is 2. The molecule has 2 aromatic rings. The Bertz CT molecular complexity index is 1290. The molecule has 194 valence electrons. The van der Waals surface area contributed by atoms with Crippen LogP contribution in [0.1, 0.15) is 32.1 Å². The second kappa shape index (κ2) is 11.7. The molecule has 1 saturated heterocycles. The maximum Gasteiger partial charge on any atom is 0.321 e. The number of pyridine rings is 1. The molecule has 2 amide bonds. The first-order valence-electron chi connectivity index (χ1n) is 11.6. The summed E-state index contributed by atoms with van der Waals surface area (Å²) in [5.74, 6) is -0.973. The van der Waals surface area contributed by atoms with Crippen molar-refractivity contribution in [3.63, 3.8) is 0 Å². The summed E-state index contributed by atoms with van der Waals surface area (Å²) in [6.45, 7) is 1.45. The molecule has 11 nitrogen and oxygen atoms in total. The molecule has 2 heterocycles. The van der Waals surface area contributed by atoms with E-state index in [9.17, 15) is 14.3 Å². The maximum absolute atomic E-state index is 14.2. The topological polar surface area (TPSA) is 159 Å². The number of aliphatic hydroxyl groups is 1. The molecule has 13 heteroatoms. The van der Waals surface area contributed by atoms with Gasteiger partial charge >= 0.3 is 6.03 Å². The number of aromatic nitrogens is 1. The molecule has 4 rings (SSSR count). The van der Waals surface area contributed by atoms with Crippen molar-refractivity contribution >= 4 is 29.1 Å². The van der Waals surface area contributed by atoms with Crippen molar-refractivity contribution in [2.75, 3.05) is 24.1 Å². The van der Waals surface area contributed by atoms with Gasteiger partial charge in [-0.2, -0.15) is 0 Å². The van der Waals surface area contributed by atoms with E-state index in [1.807, 2.05) is 6.07 Å². The summed E-state index contributed by atoms with van der Waals surface area (Å²) < 4.78 is 19.9. The summed E-state index contributed by atoms with van der Waals surface area (Å²) in [6.07, 6.45) is 2.88. The van der Waals surface area contributed by atoms with E-state index < -0.39 is 17.1 Å². The van der Waals surface area contributed by atoms with E-state index in [0.29, 0.717) is 16.8 Å². The highest BCUT2D eigenvalue weighted by molar-refractivity contribution is 6.32. The van der Waals surface area contributed by atoms with Gasteiger partial charge in [0.25, 0.3) is 6.29 Å². The fourth-order valence-corrected chi connectivity index (χ4v) is 4.37. The lowest BCUT2D eigenvalue weighted by Gasteiger charge is -2.26. The summed E-state index contributed by atoms with van der Waals surface area (Å²) in [7, 11) is 0. The van der Waals surface area contributed by atoms with Gasteiger partial charge in [0.15, 0.2) is 11.6 Å². The van der Waals surface area contributed by atoms with E-state index in [2.05, 4.69) is 20.5 Å². The number of halogens is 2. The third-order valence-electron chi connectivity index (χ3n) is 5.99. The predicted molar refractivity (Wildman–Crippen MR) is 136 cm³/mol. The first-order valence-corrected chi connectivity index (χ1v) is 12.0. The van der Waals surface area contributed by atoms with Crippen LogP contribution in [0.15, 0.2) is 64.0 Å². The van der Waals surface area contributed by atoms with Crippen LogP contribution in [0.3, 0.4) is 0 Å². The summed E-state index contributed by atoms with van der Waals surface area (Å²) in [4.78, 5) is 26.0. The molecule has 4 N–H and O–H groups in total. The number of anilines is 2. The summed E-state index contributed by atoms with van der Waals surface area (Å²) in [6, 6.07) is 8.53. The van der Waals surface area contributed by atoms with Crippen molar-refractivity contribution < 1.29 is 23.9 Å². The lowest BCUT2D eigenvalue weighted by Crippen LogP contribution is -2.38. The normalized spacial score (nSPS) is 16.6. The molecule has 0 saturated carbocycles. The van der Waals surface area contributed by atoms with Crippen molar-refractivity contribution in [1.82, 2.24) is 9.88 Å². The number of carbonyl (C=O) groups excluding carboxylic acids is 1. The van der Waals surface area contributed by atoms with Crippen LogP contribution < -0.4 is 15.8 Å². The quantitative estimate of drug-likeness (QED) is 0.125. The SMILES string of the molecule is [N-]=[N+]=NOC(Oc1cc(-c2cccc(NC(=O)N3CCCCC3)c2)cnc1N)C1=C(O)CCC(F)=C1Cl. The zero-order valence-corrected chi connectivity index (χ0v) is 20.5. The Morgan fingerprint density at radius 3 is 2.81 bits per heavy atom. The van der Waals surface area contributed by atoms with Crippen molar-refractivity contribution in [2.24, 2.45) is 5.28 Å². The van der Waals surface area contributed by atoms with Gasteiger partial charge in [0, 0.05) is 48.3 Å². The molecule has 1 aromatic heterocycles. The van der Waals surface area contributed by atoms with Crippen molar-refractivity contribution in [3.05, 3.63) is 69.2 Å². The smallest absolute Gasteiger partial charge is 0.321 e. The number of hydrogen-bond acceptors (Lipinski definition) is 7. The Balaban J connectivity index is 1.59. The number of nitrogens with two attached hydrogens (primary N) is 1.